The Morgan fingerprint density at radius 3 is 0.690 bits per heavy atom. The van der Waals surface area contributed by atoms with Gasteiger partial charge in [-0.15, -0.1) is 0 Å². The van der Waals surface area contributed by atoms with E-state index < -0.39 is 11.7 Å². The number of alkyl halides is 3. The smallest absolute Gasteiger partial charge is 0.309 e. The Hall–Kier alpha value is -16.0. The first kappa shape index (κ1) is 69.2. The summed E-state index contributed by atoms with van der Waals surface area (Å²) in [6, 6.07) is 112. The van der Waals surface area contributed by atoms with E-state index in [1.165, 1.54) is 6.07 Å². The van der Waals surface area contributed by atoms with Gasteiger partial charge in [-0.25, -0.2) is 59.8 Å². The summed E-state index contributed by atoms with van der Waals surface area (Å²) >= 11 is 0. The summed E-state index contributed by atoms with van der Waals surface area (Å²) in [4.78, 5) is 61.3. The Morgan fingerprint density at radius 2 is 0.457 bits per heavy atom. The van der Waals surface area contributed by atoms with E-state index in [1.54, 1.807) is 24.3 Å². The van der Waals surface area contributed by atoms with Crippen molar-refractivity contribution < 1.29 is 13.2 Å². The van der Waals surface area contributed by atoms with E-state index in [2.05, 4.69) is 6.07 Å². The topological polar surface area (TPSA) is 188 Å². The lowest BCUT2D eigenvalue weighted by atomic mass is 9.93. The summed E-state index contributed by atoms with van der Waals surface area (Å²) < 4.78 is 55.0. The van der Waals surface area contributed by atoms with Crippen molar-refractivity contribution in [2.75, 3.05) is 0 Å². The summed E-state index contributed by atoms with van der Waals surface area (Å²) in [5, 5.41) is 13.8. The zero-order valence-electron chi connectivity index (χ0n) is 61.3. The van der Waals surface area contributed by atoms with Gasteiger partial charge in [-0.05, 0) is 103 Å². The Balaban J connectivity index is 0.839. The maximum absolute atomic E-state index is 17.1. The van der Waals surface area contributed by atoms with Gasteiger partial charge in [-0.3, -0.25) is 0 Å². The highest BCUT2D eigenvalue weighted by atomic mass is 19.4. The molecule has 0 fully saturated rings. The normalized spacial score (nSPS) is 11.6. The molecule has 0 radical (unpaired) electrons. The van der Waals surface area contributed by atoms with Gasteiger partial charge >= 0.3 is 6.18 Å². The molecule has 0 saturated heterocycles. The minimum absolute atomic E-state index is 0.108. The SMILES string of the molecule is N#Cc1ccc(-n2c3ccc(-c4nc(-c5ccccc5)nc(-c5ccccc5)n4)cc3c3cc(-c4nc(-c5ccccc5)nc(-c5ccccc5)n4)ccc32)c(-c2c(-n3c4ccc(-c5nc(-c6ccccc6)nc(-c6ccccc6)n5)cc4c4cc(-c5nc(-c6ccccc6)nc(-c6ccccc6)n5)ccc43)cccc2C(F)(F)F)c1. The predicted molar refractivity (Wildman–Crippen MR) is 449 cm³/mol. The van der Waals surface area contributed by atoms with Crippen LogP contribution >= 0.6 is 0 Å². The van der Waals surface area contributed by atoms with Gasteiger partial charge in [0.15, 0.2) is 69.9 Å². The highest BCUT2D eigenvalue weighted by molar-refractivity contribution is 6.14. The van der Waals surface area contributed by atoms with Gasteiger partial charge in [0.05, 0.1) is 50.6 Å². The first-order valence-electron chi connectivity index (χ1n) is 37.5. The highest BCUT2D eigenvalue weighted by Gasteiger charge is 2.37. The Labute approximate surface area is 661 Å². The van der Waals surface area contributed by atoms with Crippen molar-refractivity contribution in [3.05, 3.63) is 363 Å². The largest absolute Gasteiger partial charge is 0.417 e. The van der Waals surface area contributed by atoms with Gasteiger partial charge < -0.3 is 9.13 Å². The van der Waals surface area contributed by atoms with Crippen LogP contribution in [-0.4, -0.2) is 68.9 Å². The quantitative estimate of drug-likeness (QED) is 0.0944. The number of nitriles is 1. The van der Waals surface area contributed by atoms with Crippen molar-refractivity contribution in [2.24, 2.45) is 0 Å². The summed E-state index contributed by atoms with van der Waals surface area (Å²) in [5.74, 6) is 5.10. The van der Waals surface area contributed by atoms with Crippen LogP contribution in [0, 0.1) is 11.3 Å². The van der Waals surface area contributed by atoms with E-state index in [9.17, 15) is 5.26 Å². The second-order valence-corrected chi connectivity index (χ2v) is 27.8. The molecule has 0 unspecified atom stereocenters. The molecule has 116 heavy (non-hydrogen) atoms. The fourth-order valence-electron chi connectivity index (χ4n) is 15.1. The maximum Gasteiger partial charge on any atom is 0.417 e. The van der Waals surface area contributed by atoms with E-state index in [-0.39, 0.29) is 22.4 Å². The van der Waals surface area contributed by atoms with Crippen LogP contribution in [-0.2, 0) is 6.18 Å². The van der Waals surface area contributed by atoms with Crippen LogP contribution in [0.4, 0.5) is 13.2 Å². The molecule has 15 nitrogen and oxygen atoms in total. The number of hydrogen-bond donors (Lipinski definition) is 0. The van der Waals surface area contributed by atoms with Crippen LogP contribution < -0.4 is 0 Å². The summed E-state index contributed by atoms with van der Waals surface area (Å²) in [6.45, 7) is 0. The van der Waals surface area contributed by atoms with E-state index in [0.29, 0.717) is 141 Å². The van der Waals surface area contributed by atoms with Crippen LogP contribution in [0.5, 0.6) is 0 Å². The molecule has 0 aliphatic rings. The van der Waals surface area contributed by atoms with Crippen LogP contribution in [0.1, 0.15) is 11.1 Å². The number of halogens is 3. The molecule has 0 atom stereocenters. The fourth-order valence-corrected chi connectivity index (χ4v) is 15.1. The Morgan fingerprint density at radius 1 is 0.224 bits per heavy atom. The van der Waals surface area contributed by atoms with Gasteiger partial charge in [0.25, 0.3) is 0 Å². The zero-order valence-corrected chi connectivity index (χ0v) is 61.3. The summed E-state index contributed by atoms with van der Waals surface area (Å²) in [5.41, 5.74) is 10.6. The number of rotatable bonds is 15. The summed E-state index contributed by atoms with van der Waals surface area (Å²) in [7, 11) is 0. The molecule has 0 aliphatic carbocycles. The molecule has 546 valence electrons. The first-order chi connectivity index (χ1) is 57.0. The fraction of sp³-hybridized carbons (Fsp3) is 0.0102. The number of nitrogens with zero attached hydrogens (tertiary/aromatic N) is 15. The van der Waals surface area contributed by atoms with Gasteiger partial charge in [-0.2, -0.15) is 18.4 Å². The lowest BCUT2D eigenvalue weighted by Gasteiger charge is -2.22. The molecular formula is C98H58F3N15. The van der Waals surface area contributed by atoms with Gasteiger partial charge in [0.2, 0.25) is 0 Å². The number of hydrogen-bond acceptors (Lipinski definition) is 13. The third kappa shape index (κ3) is 12.9. The van der Waals surface area contributed by atoms with Crippen molar-refractivity contribution in [1.29, 1.82) is 5.26 Å². The van der Waals surface area contributed by atoms with E-state index in [1.807, 2.05) is 325 Å². The van der Waals surface area contributed by atoms with Crippen molar-refractivity contribution in [3.63, 3.8) is 0 Å². The average molecular weight is 1500 g/mol. The van der Waals surface area contributed by atoms with Gasteiger partial charge in [-0.1, -0.05) is 249 Å². The molecular weight excluding hydrogens is 1440 g/mol. The molecule has 20 rings (SSSR count). The average Bonchev–Trinajstić information content (AvgIpc) is 1.53. The lowest BCUT2D eigenvalue weighted by Crippen LogP contribution is -2.11. The standard InChI is InChI=1S/C98H58F3N15/c99-98(100,101)78-42-25-43-84(116-81-52-47-71(96-111-90(65-34-17-5-18-35-65)105-91(112-96)66-36-19-6-20-37-66)57-75(81)76-58-72(48-53-82(76)116)97-113-92(67-38-21-7-22-39-67)106-93(114-97)68-40-23-8-24-41-68)85(78)77-54-60(59-102)44-49-83(77)115-79-50-45-69(94-107-86(61-26-9-1-10-27-61)103-87(108-94)62-28-11-2-12-29-62)55-73(79)74-56-70(46-51-80(74)115)95-109-88(63-30-13-3-14-31-63)104-89(110-95)64-32-15-4-16-33-64/h1-58H. The first-order valence-corrected chi connectivity index (χ1v) is 37.5. The van der Waals surface area contributed by atoms with Crippen LogP contribution in [0.15, 0.2) is 352 Å². The van der Waals surface area contributed by atoms with Crippen molar-refractivity contribution in [2.45, 2.75) is 6.18 Å². The lowest BCUT2D eigenvalue weighted by molar-refractivity contribution is -0.137. The zero-order chi connectivity index (χ0) is 77.8. The van der Waals surface area contributed by atoms with Crippen LogP contribution in [0.25, 0.3) is 203 Å². The molecule has 0 saturated carbocycles. The molecule has 0 bridgehead atoms. The molecule has 6 aromatic heterocycles. The van der Waals surface area contributed by atoms with Gasteiger partial charge in [0.1, 0.15) is 0 Å². The molecule has 0 aliphatic heterocycles. The predicted octanol–water partition coefficient (Wildman–Crippen LogP) is 23.2. The molecule has 0 spiro atoms. The monoisotopic (exact) mass is 1500 g/mol. The molecule has 14 aromatic carbocycles. The number of fused-ring (bicyclic) bond motifs is 6. The second-order valence-electron chi connectivity index (χ2n) is 27.8. The van der Waals surface area contributed by atoms with E-state index in [4.69, 9.17) is 59.8 Å². The van der Waals surface area contributed by atoms with E-state index in [0.717, 1.165) is 50.6 Å². The number of benzene rings is 14. The minimum atomic E-state index is -4.98. The molecule has 0 N–H and O–H groups in total. The Kier molecular flexibility index (Phi) is 17.3. The third-order valence-electron chi connectivity index (χ3n) is 20.6. The van der Waals surface area contributed by atoms with Crippen LogP contribution in [0.3, 0.4) is 0 Å². The Bertz CT molecular complexity index is 6640. The van der Waals surface area contributed by atoms with Crippen molar-refractivity contribution in [1.82, 2.24) is 68.9 Å². The third-order valence-corrected chi connectivity index (χ3v) is 20.6. The number of aromatic nitrogens is 14. The maximum atomic E-state index is 17.1. The van der Waals surface area contributed by atoms with Crippen molar-refractivity contribution >= 4 is 43.6 Å². The van der Waals surface area contributed by atoms with E-state index >= 15 is 13.2 Å². The second kappa shape index (κ2) is 29.0. The molecule has 6 heterocycles. The minimum Gasteiger partial charge on any atom is -0.309 e. The highest BCUT2D eigenvalue weighted by Crippen LogP contribution is 2.49. The molecule has 0 amide bonds. The summed E-state index contributed by atoms with van der Waals surface area (Å²) in [6.07, 6.45) is -4.98. The molecule has 20 aromatic rings. The van der Waals surface area contributed by atoms with Crippen LogP contribution in [0.2, 0.25) is 0 Å². The van der Waals surface area contributed by atoms with Crippen molar-refractivity contribution in [3.8, 4) is 165 Å². The molecule has 18 heteroatoms. The van der Waals surface area contributed by atoms with Gasteiger partial charge in [0, 0.05) is 99.4 Å².